The molecule has 2 aromatic carbocycles. The van der Waals surface area contributed by atoms with E-state index in [-0.39, 0.29) is 11.9 Å². The normalized spacial score (nSPS) is 16.3. The molecule has 1 saturated heterocycles. The molecule has 1 unspecified atom stereocenters. The first-order valence-corrected chi connectivity index (χ1v) is 10.1. The lowest BCUT2D eigenvalue weighted by Crippen LogP contribution is -2.28. The maximum absolute atomic E-state index is 12.9. The van der Waals surface area contributed by atoms with Gasteiger partial charge in [-0.2, -0.15) is 0 Å². The van der Waals surface area contributed by atoms with Gasteiger partial charge in [0, 0.05) is 12.6 Å². The second-order valence-electron chi connectivity index (χ2n) is 6.76. The van der Waals surface area contributed by atoms with Crippen LogP contribution in [0.1, 0.15) is 36.9 Å². The van der Waals surface area contributed by atoms with Gasteiger partial charge in [0.05, 0.1) is 31.9 Å². The van der Waals surface area contributed by atoms with Gasteiger partial charge < -0.3 is 19.1 Å². The Bertz CT molecular complexity index is 879. The number of benzene rings is 2. The van der Waals surface area contributed by atoms with E-state index in [1.807, 2.05) is 42.2 Å². The monoisotopic (exact) mass is 415 g/mol. The number of rotatable bonds is 7. The predicted octanol–water partition coefficient (Wildman–Crippen LogP) is 5.13. The number of carbonyl (C=O) groups excluding carboxylic acids is 1. The fourth-order valence-electron chi connectivity index (χ4n) is 3.61. The summed E-state index contributed by atoms with van der Waals surface area (Å²) in [6.07, 6.45) is 5.29. The van der Waals surface area contributed by atoms with Crippen molar-refractivity contribution in [2.45, 2.75) is 25.8 Å². The Hall–Kier alpha value is -2.66. The van der Waals surface area contributed by atoms with Gasteiger partial charge in [0.15, 0.2) is 11.5 Å². The molecule has 0 aromatic heterocycles. The van der Waals surface area contributed by atoms with Crippen LogP contribution < -0.4 is 14.2 Å². The molecule has 1 amide bonds. The van der Waals surface area contributed by atoms with Crippen LogP contribution in [0.4, 0.5) is 0 Å². The van der Waals surface area contributed by atoms with E-state index >= 15 is 0 Å². The van der Waals surface area contributed by atoms with Crippen LogP contribution in [0.15, 0.2) is 42.5 Å². The van der Waals surface area contributed by atoms with Crippen LogP contribution in [-0.4, -0.2) is 38.2 Å². The average Bonchev–Trinajstić information content (AvgIpc) is 3.22. The van der Waals surface area contributed by atoms with E-state index in [0.717, 1.165) is 36.3 Å². The van der Waals surface area contributed by atoms with Gasteiger partial charge in [-0.15, -0.1) is 0 Å². The smallest absolute Gasteiger partial charge is 0.247 e. The Labute approximate surface area is 176 Å². The number of amides is 1. The number of hydrogen-bond donors (Lipinski definition) is 0. The Balaban J connectivity index is 1.77. The van der Waals surface area contributed by atoms with Crippen molar-refractivity contribution >= 4 is 23.6 Å². The minimum absolute atomic E-state index is 0.0202. The SMILES string of the molecule is CCOc1cc(C=CC(=O)N2CCCC2c2ccc(OC)cc2)cc(Cl)c1OC. The molecule has 2 aromatic rings. The molecule has 5 nitrogen and oxygen atoms in total. The molecule has 1 aliphatic heterocycles. The van der Waals surface area contributed by atoms with Gasteiger partial charge >= 0.3 is 0 Å². The summed E-state index contributed by atoms with van der Waals surface area (Å²) in [7, 11) is 3.20. The van der Waals surface area contributed by atoms with Crippen molar-refractivity contribution in [1.29, 1.82) is 0 Å². The third kappa shape index (κ3) is 4.85. The molecule has 1 heterocycles. The van der Waals surface area contributed by atoms with Crippen LogP contribution >= 0.6 is 11.6 Å². The number of hydrogen-bond acceptors (Lipinski definition) is 4. The molecule has 1 atom stereocenters. The van der Waals surface area contributed by atoms with Gasteiger partial charge in [0.25, 0.3) is 0 Å². The van der Waals surface area contributed by atoms with Gasteiger partial charge in [-0.3, -0.25) is 4.79 Å². The molecule has 0 bridgehead atoms. The number of likely N-dealkylation sites (tertiary alicyclic amines) is 1. The van der Waals surface area contributed by atoms with Crippen LogP contribution in [0, 0.1) is 0 Å². The van der Waals surface area contributed by atoms with Crippen molar-refractivity contribution in [3.05, 3.63) is 58.6 Å². The van der Waals surface area contributed by atoms with Crippen molar-refractivity contribution < 1.29 is 19.0 Å². The van der Waals surface area contributed by atoms with E-state index in [9.17, 15) is 4.79 Å². The highest BCUT2D eigenvalue weighted by molar-refractivity contribution is 6.32. The van der Waals surface area contributed by atoms with Gasteiger partial charge in [-0.05, 0) is 61.2 Å². The van der Waals surface area contributed by atoms with E-state index < -0.39 is 0 Å². The molecule has 29 heavy (non-hydrogen) atoms. The molecular weight excluding hydrogens is 390 g/mol. The van der Waals surface area contributed by atoms with Crippen LogP contribution in [0.5, 0.6) is 17.2 Å². The highest BCUT2D eigenvalue weighted by Gasteiger charge is 2.28. The minimum Gasteiger partial charge on any atom is -0.497 e. The van der Waals surface area contributed by atoms with Gasteiger partial charge in [-0.1, -0.05) is 23.7 Å². The lowest BCUT2D eigenvalue weighted by molar-refractivity contribution is -0.126. The summed E-state index contributed by atoms with van der Waals surface area (Å²) in [4.78, 5) is 14.8. The van der Waals surface area contributed by atoms with Crippen molar-refractivity contribution in [3.63, 3.8) is 0 Å². The van der Waals surface area contributed by atoms with Crippen molar-refractivity contribution in [2.75, 3.05) is 27.4 Å². The minimum atomic E-state index is -0.0202. The van der Waals surface area contributed by atoms with Crippen molar-refractivity contribution in [2.24, 2.45) is 0 Å². The number of halogens is 1. The molecular formula is C23H26ClNO4. The largest absolute Gasteiger partial charge is 0.497 e. The third-order valence-corrected chi connectivity index (χ3v) is 5.27. The Morgan fingerprint density at radius 1 is 1.21 bits per heavy atom. The molecule has 0 N–H and O–H groups in total. The molecule has 0 aliphatic carbocycles. The topological polar surface area (TPSA) is 48.0 Å². The average molecular weight is 416 g/mol. The van der Waals surface area contributed by atoms with Crippen LogP contribution in [0.25, 0.3) is 6.08 Å². The molecule has 154 valence electrons. The van der Waals surface area contributed by atoms with Crippen molar-refractivity contribution in [1.82, 2.24) is 4.90 Å². The summed E-state index contributed by atoms with van der Waals surface area (Å²) in [5.41, 5.74) is 1.91. The standard InChI is InChI=1S/C23H26ClNO4/c1-4-29-21-15-16(14-19(24)23(21)28-3)7-12-22(26)25-13-5-6-20(25)17-8-10-18(27-2)11-9-17/h7-12,14-15,20H,4-6,13H2,1-3H3. The Kier molecular flexibility index (Phi) is 7.04. The first kappa shape index (κ1) is 21.1. The summed E-state index contributed by atoms with van der Waals surface area (Å²) >= 11 is 6.30. The predicted molar refractivity (Wildman–Crippen MR) is 115 cm³/mol. The molecule has 0 radical (unpaired) electrons. The lowest BCUT2D eigenvalue weighted by atomic mass is 10.0. The summed E-state index contributed by atoms with van der Waals surface area (Å²) in [5.74, 6) is 1.85. The molecule has 6 heteroatoms. The van der Waals surface area contributed by atoms with E-state index in [1.54, 1.807) is 32.4 Å². The zero-order valence-corrected chi connectivity index (χ0v) is 17.7. The quantitative estimate of drug-likeness (QED) is 0.588. The lowest BCUT2D eigenvalue weighted by Gasteiger charge is -2.24. The van der Waals surface area contributed by atoms with E-state index in [0.29, 0.717) is 23.1 Å². The van der Waals surface area contributed by atoms with E-state index in [4.69, 9.17) is 25.8 Å². The molecule has 0 spiro atoms. The van der Waals surface area contributed by atoms with E-state index in [1.165, 1.54) is 0 Å². The molecule has 0 saturated carbocycles. The van der Waals surface area contributed by atoms with Crippen LogP contribution in [-0.2, 0) is 4.79 Å². The van der Waals surface area contributed by atoms with Crippen LogP contribution in [0.3, 0.4) is 0 Å². The third-order valence-electron chi connectivity index (χ3n) is 4.99. The van der Waals surface area contributed by atoms with Gasteiger partial charge in [0.2, 0.25) is 5.91 Å². The second kappa shape index (κ2) is 9.70. The summed E-state index contributed by atoms with van der Waals surface area (Å²) in [5, 5.41) is 0.447. The molecule has 1 fully saturated rings. The summed E-state index contributed by atoms with van der Waals surface area (Å²) in [6, 6.07) is 11.6. The maximum atomic E-state index is 12.9. The second-order valence-corrected chi connectivity index (χ2v) is 7.17. The first-order chi connectivity index (χ1) is 14.1. The number of nitrogens with zero attached hydrogens (tertiary/aromatic N) is 1. The number of methoxy groups -OCH3 is 2. The Morgan fingerprint density at radius 2 is 1.97 bits per heavy atom. The highest BCUT2D eigenvalue weighted by atomic mass is 35.5. The summed E-state index contributed by atoms with van der Waals surface area (Å²) < 4.78 is 16.1. The molecule has 3 rings (SSSR count). The van der Waals surface area contributed by atoms with Gasteiger partial charge in [0.1, 0.15) is 5.75 Å². The van der Waals surface area contributed by atoms with Crippen molar-refractivity contribution in [3.8, 4) is 17.2 Å². The first-order valence-electron chi connectivity index (χ1n) is 9.70. The molecule has 1 aliphatic rings. The number of ether oxygens (including phenoxy) is 3. The zero-order chi connectivity index (χ0) is 20.8. The van der Waals surface area contributed by atoms with Gasteiger partial charge in [-0.25, -0.2) is 0 Å². The van der Waals surface area contributed by atoms with Crippen LogP contribution in [0.2, 0.25) is 5.02 Å². The fourth-order valence-corrected chi connectivity index (χ4v) is 3.91. The Morgan fingerprint density at radius 3 is 2.62 bits per heavy atom. The fraction of sp³-hybridized carbons (Fsp3) is 0.348. The summed E-state index contributed by atoms with van der Waals surface area (Å²) in [6.45, 7) is 3.13. The maximum Gasteiger partial charge on any atom is 0.247 e. The number of carbonyl (C=O) groups is 1. The zero-order valence-electron chi connectivity index (χ0n) is 17.0. The highest BCUT2D eigenvalue weighted by Crippen LogP contribution is 2.37. The van der Waals surface area contributed by atoms with E-state index in [2.05, 4.69) is 0 Å².